The Kier molecular flexibility index (Phi) is 6.36. The SMILES string of the molecule is O=C(O)CNS(=O)(=O)c1ccc(C(=O)/C=C/c2nccn2CC(F)(F)F)cc1. The highest BCUT2D eigenvalue weighted by Gasteiger charge is 2.28. The summed E-state index contributed by atoms with van der Waals surface area (Å²) in [7, 11) is -4.05. The minimum absolute atomic E-state index is 0.0669. The van der Waals surface area contributed by atoms with Crippen molar-refractivity contribution in [3.05, 3.63) is 54.1 Å². The number of carboxylic acids is 1. The smallest absolute Gasteiger partial charge is 0.406 e. The second-order valence-corrected chi connectivity index (χ2v) is 7.24. The van der Waals surface area contributed by atoms with Crippen LogP contribution in [0.15, 0.2) is 47.6 Å². The van der Waals surface area contributed by atoms with Crippen molar-refractivity contribution in [2.24, 2.45) is 0 Å². The van der Waals surface area contributed by atoms with Gasteiger partial charge in [0.25, 0.3) is 0 Å². The number of carboxylic acid groups (broad SMARTS) is 1. The van der Waals surface area contributed by atoms with Crippen LogP contribution in [0.4, 0.5) is 13.2 Å². The molecule has 0 amide bonds. The second kappa shape index (κ2) is 8.35. The molecular formula is C16H14F3N3O5S. The summed E-state index contributed by atoms with van der Waals surface area (Å²) < 4.78 is 63.8. The van der Waals surface area contributed by atoms with Crippen LogP contribution in [0.25, 0.3) is 6.08 Å². The van der Waals surface area contributed by atoms with Crippen molar-refractivity contribution in [3.63, 3.8) is 0 Å². The lowest BCUT2D eigenvalue weighted by atomic mass is 10.1. The topological polar surface area (TPSA) is 118 Å². The third-order valence-corrected chi connectivity index (χ3v) is 4.76. The molecule has 12 heteroatoms. The lowest BCUT2D eigenvalue weighted by Gasteiger charge is -2.08. The first-order valence-electron chi connectivity index (χ1n) is 7.60. The molecule has 0 radical (unpaired) electrons. The molecule has 2 aromatic rings. The average molecular weight is 417 g/mol. The maximum absolute atomic E-state index is 12.5. The number of hydrogen-bond acceptors (Lipinski definition) is 5. The van der Waals surface area contributed by atoms with Crippen molar-refractivity contribution in [2.45, 2.75) is 17.6 Å². The lowest BCUT2D eigenvalue weighted by molar-refractivity contribution is -0.140. The first-order valence-corrected chi connectivity index (χ1v) is 9.08. The molecule has 0 spiro atoms. The number of rotatable bonds is 8. The summed E-state index contributed by atoms with van der Waals surface area (Å²) in [4.78, 5) is 26.1. The Bertz CT molecular complexity index is 995. The lowest BCUT2D eigenvalue weighted by Crippen LogP contribution is -2.29. The monoisotopic (exact) mass is 417 g/mol. The minimum atomic E-state index is -4.44. The first kappa shape index (κ1) is 21.3. The fourth-order valence-corrected chi connectivity index (χ4v) is 3.07. The molecule has 2 N–H and O–H groups in total. The number of sulfonamides is 1. The number of hydrogen-bond donors (Lipinski definition) is 2. The molecular weight excluding hydrogens is 403 g/mol. The maximum atomic E-state index is 12.5. The Morgan fingerprint density at radius 1 is 1.21 bits per heavy atom. The van der Waals surface area contributed by atoms with Crippen LogP contribution in [-0.4, -0.2) is 47.5 Å². The number of halogens is 3. The van der Waals surface area contributed by atoms with Crippen LogP contribution in [0.2, 0.25) is 0 Å². The zero-order valence-corrected chi connectivity index (χ0v) is 14.9. The zero-order valence-electron chi connectivity index (χ0n) is 14.0. The Balaban J connectivity index is 2.11. The molecule has 2 rings (SSSR count). The molecule has 0 unspecified atom stereocenters. The number of aliphatic carboxylic acids is 1. The molecule has 0 atom stereocenters. The summed E-state index contributed by atoms with van der Waals surface area (Å²) in [6.45, 7) is -2.05. The third-order valence-electron chi connectivity index (χ3n) is 3.34. The molecule has 0 aliphatic carbocycles. The highest BCUT2D eigenvalue weighted by molar-refractivity contribution is 7.89. The van der Waals surface area contributed by atoms with Crippen molar-refractivity contribution < 1.29 is 36.3 Å². The van der Waals surface area contributed by atoms with E-state index in [9.17, 15) is 31.2 Å². The molecule has 8 nitrogen and oxygen atoms in total. The van der Waals surface area contributed by atoms with Gasteiger partial charge in [0.15, 0.2) is 5.78 Å². The Morgan fingerprint density at radius 3 is 2.43 bits per heavy atom. The molecule has 1 aromatic heterocycles. The van der Waals surface area contributed by atoms with Gasteiger partial charge in [0, 0.05) is 18.0 Å². The molecule has 150 valence electrons. The first-order chi connectivity index (χ1) is 13.0. The van der Waals surface area contributed by atoms with E-state index in [-0.39, 0.29) is 16.3 Å². The molecule has 1 heterocycles. The highest BCUT2D eigenvalue weighted by Crippen LogP contribution is 2.19. The van der Waals surface area contributed by atoms with E-state index in [4.69, 9.17) is 5.11 Å². The Hall–Kier alpha value is -2.99. The normalized spacial score (nSPS) is 12.4. The van der Waals surface area contributed by atoms with Gasteiger partial charge in [-0.1, -0.05) is 0 Å². The van der Waals surface area contributed by atoms with Gasteiger partial charge in [0.2, 0.25) is 10.0 Å². The van der Waals surface area contributed by atoms with Crippen LogP contribution in [0.3, 0.4) is 0 Å². The number of allylic oxidation sites excluding steroid dienone is 1. The third kappa shape index (κ3) is 6.03. The molecule has 0 bridgehead atoms. The van der Waals surface area contributed by atoms with E-state index in [2.05, 4.69) is 4.98 Å². The van der Waals surface area contributed by atoms with E-state index in [1.807, 2.05) is 4.72 Å². The quantitative estimate of drug-likeness (QED) is 0.499. The fraction of sp³-hybridized carbons (Fsp3) is 0.188. The molecule has 1 aromatic carbocycles. The molecule has 0 saturated heterocycles. The van der Waals surface area contributed by atoms with Crippen molar-refractivity contribution in [3.8, 4) is 0 Å². The summed E-state index contributed by atoms with van der Waals surface area (Å²) in [5, 5.41) is 8.51. The van der Waals surface area contributed by atoms with Crippen LogP contribution in [0.1, 0.15) is 16.2 Å². The number of carbonyl (C=O) groups is 2. The van der Waals surface area contributed by atoms with Crippen molar-refractivity contribution in [1.82, 2.24) is 14.3 Å². The van der Waals surface area contributed by atoms with Crippen LogP contribution in [0.5, 0.6) is 0 Å². The highest BCUT2D eigenvalue weighted by atomic mass is 32.2. The molecule has 0 aliphatic heterocycles. The number of imidazole rings is 1. The van der Waals surface area contributed by atoms with E-state index in [0.29, 0.717) is 0 Å². The Labute approximate surface area is 157 Å². The van der Waals surface area contributed by atoms with E-state index >= 15 is 0 Å². The number of benzene rings is 1. The van der Waals surface area contributed by atoms with Crippen LogP contribution >= 0.6 is 0 Å². The second-order valence-electron chi connectivity index (χ2n) is 5.47. The maximum Gasteiger partial charge on any atom is 0.406 e. The van der Waals surface area contributed by atoms with E-state index in [0.717, 1.165) is 35.0 Å². The zero-order chi connectivity index (χ0) is 20.9. The van der Waals surface area contributed by atoms with Crippen molar-refractivity contribution >= 4 is 27.9 Å². The summed E-state index contributed by atoms with van der Waals surface area (Å²) in [6.07, 6.45) is -0.0150. The molecule has 0 fully saturated rings. The van der Waals surface area contributed by atoms with Gasteiger partial charge in [-0.2, -0.15) is 17.9 Å². The summed E-state index contributed by atoms with van der Waals surface area (Å²) in [5.41, 5.74) is 0.0855. The number of aromatic nitrogens is 2. The van der Waals surface area contributed by atoms with Gasteiger partial charge in [-0.25, -0.2) is 13.4 Å². The van der Waals surface area contributed by atoms with Gasteiger partial charge in [0.1, 0.15) is 18.9 Å². The molecule has 0 aliphatic rings. The van der Waals surface area contributed by atoms with E-state index in [1.165, 1.54) is 18.3 Å². The number of nitrogens with one attached hydrogen (secondary N) is 1. The van der Waals surface area contributed by atoms with Crippen LogP contribution < -0.4 is 4.72 Å². The Morgan fingerprint density at radius 2 is 1.86 bits per heavy atom. The van der Waals surface area contributed by atoms with E-state index < -0.39 is 41.0 Å². The van der Waals surface area contributed by atoms with E-state index in [1.54, 1.807) is 0 Å². The number of carbonyl (C=O) groups excluding carboxylic acids is 1. The van der Waals surface area contributed by atoms with Crippen LogP contribution in [-0.2, 0) is 21.4 Å². The van der Waals surface area contributed by atoms with Crippen molar-refractivity contribution in [1.29, 1.82) is 0 Å². The average Bonchev–Trinajstić information content (AvgIpc) is 3.03. The summed E-state index contributed by atoms with van der Waals surface area (Å²) >= 11 is 0. The van der Waals surface area contributed by atoms with Gasteiger partial charge < -0.3 is 9.67 Å². The number of nitrogens with zero attached hydrogens (tertiary/aromatic N) is 2. The molecule has 28 heavy (non-hydrogen) atoms. The molecule has 0 saturated carbocycles. The van der Waals surface area contributed by atoms with Crippen LogP contribution in [0, 0.1) is 0 Å². The minimum Gasteiger partial charge on any atom is -0.480 e. The number of ketones is 1. The van der Waals surface area contributed by atoms with Crippen molar-refractivity contribution in [2.75, 3.05) is 6.54 Å². The summed E-state index contributed by atoms with van der Waals surface area (Å²) in [5.74, 6) is -2.00. The van der Waals surface area contributed by atoms with Gasteiger partial charge >= 0.3 is 12.1 Å². The number of alkyl halides is 3. The van der Waals surface area contributed by atoms with Gasteiger partial charge in [-0.05, 0) is 36.4 Å². The van der Waals surface area contributed by atoms with Gasteiger partial charge in [-0.15, -0.1) is 0 Å². The standard InChI is InChI=1S/C16H14F3N3O5S/c17-16(18,19)10-22-8-7-20-14(22)6-5-13(23)11-1-3-12(4-2-11)28(26,27)21-9-15(24)25/h1-8,21H,9-10H2,(H,24,25)/b6-5+. The van der Waals surface area contributed by atoms with Gasteiger partial charge in [-0.3, -0.25) is 9.59 Å². The predicted octanol–water partition coefficient (Wildman–Crippen LogP) is 1.70. The largest absolute Gasteiger partial charge is 0.480 e. The van der Waals surface area contributed by atoms with Gasteiger partial charge in [0.05, 0.1) is 4.90 Å². The predicted molar refractivity (Wildman–Crippen MR) is 90.9 cm³/mol. The summed E-state index contributed by atoms with van der Waals surface area (Å²) in [6, 6.07) is 4.61. The fourth-order valence-electron chi connectivity index (χ4n) is 2.09.